The van der Waals surface area contributed by atoms with E-state index < -0.39 is 0 Å². The number of carbonyl (C=O) groups is 1. The van der Waals surface area contributed by atoms with Crippen molar-refractivity contribution < 1.29 is 9.53 Å². The van der Waals surface area contributed by atoms with Crippen molar-refractivity contribution in [3.63, 3.8) is 0 Å². The smallest absolute Gasteiger partial charge is 0.251 e. The average molecular weight is 410 g/mol. The predicted molar refractivity (Wildman–Crippen MR) is 121 cm³/mol. The number of rotatable bonds is 4. The van der Waals surface area contributed by atoms with Crippen LogP contribution in [0, 0.1) is 6.92 Å². The molecule has 1 atom stereocenters. The minimum absolute atomic E-state index is 0.0927. The summed E-state index contributed by atoms with van der Waals surface area (Å²) in [7, 11) is 1.62. The van der Waals surface area contributed by atoms with Gasteiger partial charge in [0.1, 0.15) is 5.75 Å². The molecule has 0 fully saturated rings. The van der Waals surface area contributed by atoms with E-state index in [1.54, 1.807) is 13.2 Å². The van der Waals surface area contributed by atoms with Crippen molar-refractivity contribution in [1.82, 2.24) is 5.32 Å². The summed E-state index contributed by atoms with van der Waals surface area (Å²) in [5.41, 5.74) is 3.85. The van der Waals surface area contributed by atoms with Crippen LogP contribution < -0.4 is 10.1 Å². The number of aryl methyl sites for hydroxylation is 1. The molecule has 3 aromatic rings. The minimum atomic E-state index is -0.224. The van der Waals surface area contributed by atoms with Crippen LogP contribution in [0.1, 0.15) is 60.8 Å². The third-order valence-electron chi connectivity index (χ3n) is 5.30. The van der Waals surface area contributed by atoms with Crippen LogP contribution in [0.25, 0.3) is 10.8 Å². The van der Waals surface area contributed by atoms with Gasteiger partial charge in [-0.2, -0.15) is 0 Å². The zero-order valence-electron chi connectivity index (χ0n) is 17.9. The number of methoxy groups -OCH3 is 1. The zero-order valence-corrected chi connectivity index (χ0v) is 18.6. The molecule has 3 nitrogen and oxygen atoms in total. The van der Waals surface area contributed by atoms with Crippen LogP contribution >= 0.6 is 11.6 Å². The number of fused-ring (bicyclic) bond motifs is 1. The highest BCUT2D eigenvalue weighted by Crippen LogP contribution is 2.31. The van der Waals surface area contributed by atoms with Crippen LogP contribution in [-0.4, -0.2) is 13.0 Å². The van der Waals surface area contributed by atoms with Crippen LogP contribution in [0.2, 0.25) is 5.02 Å². The van der Waals surface area contributed by atoms with Gasteiger partial charge in [0.2, 0.25) is 0 Å². The summed E-state index contributed by atoms with van der Waals surface area (Å²) in [6.45, 7) is 10.5. The molecule has 3 aromatic carbocycles. The monoisotopic (exact) mass is 409 g/mol. The Balaban J connectivity index is 1.83. The molecular weight excluding hydrogens is 382 g/mol. The standard InChI is InChI=1S/C25H28ClNO2/c1-15-11-21(22(26)14-23(15)29-6)16(2)27-24(28)19-8-7-18-13-20(25(3,4)5)10-9-17(18)12-19/h7-14,16H,1-6H3,(H,27,28). The fourth-order valence-corrected chi connectivity index (χ4v) is 3.77. The number of amides is 1. The second-order valence-corrected chi connectivity index (χ2v) is 8.97. The number of benzene rings is 3. The van der Waals surface area contributed by atoms with Crippen molar-refractivity contribution >= 4 is 28.3 Å². The summed E-state index contributed by atoms with van der Waals surface area (Å²) < 4.78 is 5.31. The molecule has 0 aliphatic carbocycles. The molecule has 1 unspecified atom stereocenters. The van der Waals surface area contributed by atoms with E-state index in [0.29, 0.717) is 10.6 Å². The molecule has 0 bridgehead atoms. The Kier molecular flexibility index (Phi) is 5.90. The second-order valence-electron chi connectivity index (χ2n) is 8.57. The highest BCUT2D eigenvalue weighted by atomic mass is 35.5. The van der Waals surface area contributed by atoms with E-state index in [2.05, 4.69) is 44.3 Å². The van der Waals surface area contributed by atoms with Gasteiger partial charge in [0, 0.05) is 10.6 Å². The van der Waals surface area contributed by atoms with Crippen molar-refractivity contribution in [2.75, 3.05) is 7.11 Å². The third-order valence-corrected chi connectivity index (χ3v) is 5.62. The maximum absolute atomic E-state index is 12.8. The minimum Gasteiger partial charge on any atom is -0.496 e. The normalized spacial score (nSPS) is 12.7. The third kappa shape index (κ3) is 4.56. The summed E-state index contributed by atoms with van der Waals surface area (Å²) in [6, 6.07) is 15.7. The summed E-state index contributed by atoms with van der Waals surface area (Å²) in [4.78, 5) is 12.8. The number of halogens is 1. The Morgan fingerprint density at radius 3 is 2.34 bits per heavy atom. The first-order valence-electron chi connectivity index (χ1n) is 9.79. The molecule has 29 heavy (non-hydrogen) atoms. The molecule has 4 heteroatoms. The summed E-state index contributed by atoms with van der Waals surface area (Å²) in [5, 5.41) is 5.82. The topological polar surface area (TPSA) is 38.3 Å². The molecule has 0 spiro atoms. The first kappa shape index (κ1) is 21.2. The van der Waals surface area contributed by atoms with Crippen LogP contribution in [0.4, 0.5) is 0 Å². The highest BCUT2D eigenvalue weighted by Gasteiger charge is 2.17. The van der Waals surface area contributed by atoms with Crippen molar-refractivity contribution in [3.05, 3.63) is 75.8 Å². The van der Waals surface area contributed by atoms with Crippen molar-refractivity contribution in [2.24, 2.45) is 0 Å². The van der Waals surface area contributed by atoms with E-state index in [1.165, 1.54) is 5.56 Å². The van der Waals surface area contributed by atoms with Crippen LogP contribution in [0.5, 0.6) is 5.75 Å². The molecule has 0 saturated carbocycles. The fourth-order valence-electron chi connectivity index (χ4n) is 3.45. The molecular formula is C25H28ClNO2. The fraction of sp³-hybridized carbons (Fsp3) is 0.320. The van der Waals surface area contributed by atoms with E-state index in [9.17, 15) is 4.79 Å². The van der Waals surface area contributed by atoms with E-state index in [4.69, 9.17) is 16.3 Å². The van der Waals surface area contributed by atoms with Crippen LogP contribution in [0.15, 0.2) is 48.5 Å². The van der Waals surface area contributed by atoms with Crippen molar-refractivity contribution in [1.29, 1.82) is 0 Å². The average Bonchev–Trinajstić information content (AvgIpc) is 2.67. The Hall–Kier alpha value is -2.52. The van der Waals surface area contributed by atoms with Gasteiger partial charge in [0.05, 0.1) is 13.2 Å². The zero-order chi connectivity index (χ0) is 21.3. The Bertz CT molecular complexity index is 1070. The van der Waals surface area contributed by atoms with Gasteiger partial charge in [0.25, 0.3) is 5.91 Å². The maximum Gasteiger partial charge on any atom is 0.251 e. The van der Waals surface area contributed by atoms with E-state index in [-0.39, 0.29) is 17.4 Å². The van der Waals surface area contributed by atoms with Crippen LogP contribution in [0.3, 0.4) is 0 Å². The molecule has 0 aliphatic heterocycles. The van der Waals surface area contributed by atoms with Gasteiger partial charge in [0.15, 0.2) is 0 Å². The molecule has 0 radical (unpaired) electrons. The first-order valence-corrected chi connectivity index (χ1v) is 10.2. The van der Waals surface area contributed by atoms with Gasteiger partial charge in [-0.15, -0.1) is 0 Å². The maximum atomic E-state index is 12.8. The number of hydrogen-bond acceptors (Lipinski definition) is 2. The number of carbonyl (C=O) groups excluding carboxylic acids is 1. The summed E-state index contributed by atoms with van der Waals surface area (Å²) in [5.74, 6) is 0.616. The Morgan fingerprint density at radius 1 is 1.03 bits per heavy atom. The van der Waals surface area contributed by atoms with Gasteiger partial charge < -0.3 is 10.1 Å². The van der Waals surface area contributed by atoms with Gasteiger partial charge in [-0.05, 0) is 71.0 Å². The lowest BCUT2D eigenvalue weighted by Crippen LogP contribution is -2.26. The molecule has 3 rings (SSSR count). The highest BCUT2D eigenvalue weighted by molar-refractivity contribution is 6.31. The van der Waals surface area contributed by atoms with Gasteiger partial charge in [-0.25, -0.2) is 0 Å². The number of nitrogens with one attached hydrogen (secondary N) is 1. The first-order chi connectivity index (χ1) is 13.6. The van der Waals surface area contributed by atoms with E-state index in [1.807, 2.05) is 38.1 Å². The van der Waals surface area contributed by atoms with Gasteiger partial charge in [-0.1, -0.05) is 56.6 Å². The summed E-state index contributed by atoms with van der Waals surface area (Å²) >= 11 is 6.40. The molecule has 0 heterocycles. The lowest BCUT2D eigenvalue weighted by atomic mass is 9.86. The number of hydrogen-bond donors (Lipinski definition) is 1. The van der Waals surface area contributed by atoms with Crippen LogP contribution in [-0.2, 0) is 5.41 Å². The lowest BCUT2D eigenvalue weighted by Gasteiger charge is -2.20. The SMILES string of the molecule is COc1cc(Cl)c(C(C)NC(=O)c2ccc3cc(C(C)(C)C)ccc3c2)cc1C. The Morgan fingerprint density at radius 2 is 1.69 bits per heavy atom. The quantitative estimate of drug-likeness (QED) is 0.527. The summed E-state index contributed by atoms with van der Waals surface area (Å²) in [6.07, 6.45) is 0. The molecule has 1 amide bonds. The van der Waals surface area contributed by atoms with Crippen molar-refractivity contribution in [2.45, 2.75) is 46.1 Å². The lowest BCUT2D eigenvalue weighted by molar-refractivity contribution is 0.0940. The van der Waals surface area contributed by atoms with Gasteiger partial charge in [-0.3, -0.25) is 4.79 Å². The molecule has 152 valence electrons. The molecule has 0 saturated heterocycles. The largest absolute Gasteiger partial charge is 0.496 e. The van der Waals surface area contributed by atoms with Crippen molar-refractivity contribution in [3.8, 4) is 5.75 Å². The molecule has 0 aliphatic rings. The molecule has 0 aromatic heterocycles. The second kappa shape index (κ2) is 8.08. The van der Waals surface area contributed by atoms with E-state index >= 15 is 0 Å². The molecule has 1 N–H and O–H groups in total. The number of ether oxygens (including phenoxy) is 1. The van der Waals surface area contributed by atoms with E-state index in [0.717, 1.165) is 27.6 Å². The Labute approximate surface area is 178 Å². The van der Waals surface area contributed by atoms with Gasteiger partial charge >= 0.3 is 0 Å². The predicted octanol–water partition coefficient (Wildman–Crippen LogP) is 6.60.